The second-order valence-electron chi connectivity index (χ2n) is 6.17. The van der Waals surface area contributed by atoms with Gasteiger partial charge in [-0.15, -0.1) is 0 Å². The molecule has 0 amide bonds. The van der Waals surface area contributed by atoms with Crippen molar-refractivity contribution in [3.8, 4) is 0 Å². The Morgan fingerprint density at radius 1 is 1.00 bits per heavy atom. The van der Waals surface area contributed by atoms with E-state index in [1.165, 1.54) is 0 Å². The first-order valence-corrected chi connectivity index (χ1v) is 10.6. The Morgan fingerprint density at radius 2 is 1.85 bits per heavy atom. The summed E-state index contributed by atoms with van der Waals surface area (Å²) in [6, 6.07) is 11.5. The highest BCUT2D eigenvalue weighted by atomic mass is 32.2. The zero-order chi connectivity index (χ0) is 19.1. The maximum atomic E-state index is 11.8. The Kier molecular flexibility index (Phi) is 6.31. The van der Waals surface area contributed by atoms with Crippen LogP contribution in [0, 0.1) is 0 Å². The standard InChI is InChI=1S/C19H22N4O3S/c24-11-13-27(25,26)12-10-21-19-16-5-1-2-6-17(16)22-18(23-19)8-7-15-4-3-9-20-14-15/h1-6,9,14,24H,7-8,10-13H2,(H,21,22,23). The number of aryl methyl sites for hydroxylation is 2. The summed E-state index contributed by atoms with van der Waals surface area (Å²) in [5, 5.41) is 12.8. The van der Waals surface area contributed by atoms with Crippen molar-refractivity contribution in [3.05, 3.63) is 60.2 Å². The number of hydrogen-bond donors (Lipinski definition) is 2. The predicted molar refractivity (Wildman–Crippen MR) is 105 cm³/mol. The highest BCUT2D eigenvalue weighted by Crippen LogP contribution is 2.20. The third kappa shape index (κ3) is 5.45. The lowest BCUT2D eigenvalue weighted by atomic mass is 10.1. The van der Waals surface area contributed by atoms with Crippen LogP contribution in [-0.4, -0.2) is 53.1 Å². The molecule has 0 radical (unpaired) electrons. The second-order valence-corrected chi connectivity index (χ2v) is 8.47. The molecule has 3 aromatic rings. The van der Waals surface area contributed by atoms with E-state index in [0.29, 0.717) is 18.1 Å². The van der Waals surface area contributed by atoms with Gasteiger partial charge < -0.3 is 10.4 Å². The van der Waals surface area contributed by atoms with Crippen molar-refractivity contribution in [2.24, 2.45) is 0 Å². The summed E-state index contributed by atoms with van der Waals surface area (Å²) in [5.41, 5.74) is 1.92. The smallest absolute Gasteiger partial charge is 0.154 e. The van der Waals surface area contributed by atoms with Gasteiger partial charge in [-0.2, -0.15) is 0 Å². The maximum Gasteiger partial charge on any atom is 0.154 e. The van der Waals surface area contributed by atoms with Crippen molar-refractivity contribution >= 4 is 26.6 Å². The number of hydrogen-bond acceptors (Lipinski definition) is 7. The Hall–Kier alpha value is -2.58. The average Bonchev–Trinajstić information content (AvgIpc) is 2.67. The van der Waals surface area contributed by atoms with Crippen molar-refractivity contribution in [1.82, 2.24) is 15.0 Å². The van der Waals surface area contributed by atoms with Crippen molar-refractivity contribution in [3.63, 3.8) is 0 Å². The molecule has 8 heteroatoms. The Labute approximate surface area is 158 Å². The number of nitrogens with one attached hydrogen (secondary N) is 1. The van der Waals surface area contributed by atoms with E-state index < -0.39 is 9.84 Å². The van der Waals surface area contributed by atoms with E-state index in [4.69, 9.17) is 5.11 Å². The number of para-hydroxylation sites is 1. The van der Waals surface area contributed by atoms with Crippen LogP contribution >= 0.6 is 0 Å². The highest BCUT2D eigenvalue weighted by molar-refractivity contribution is 7.91. The van der Waals surface area contributed by atoms with Crippen LogP contribution in [0.15, 0.2) is 48.8 Å². The third-order valence-electron chi connectivity index (χ3n) is 4.12. The fourth-order valence-electron chi connectivity index (χ4n) is 2.74. The Bertz CT molecular complexity index is 994. The first-order chi connectivity index (χ1) is 13.1. The number of fused-ring (bicyclic) bond motifs is 1. The molecule has 3 rings (SSSR count). The highest BCUT2D eigenvalue weighted by Gasteiger charge is 2.12. The molecule has 27 heavy (non-hydrogen) atoms. The molecular formula is C19H22N4O3S. The molecule has 2 aromatic heterocycles. The van der Waals surface area contributed by atoms with Crippen LogP contribution in [-0.2, 0) is 22.7 Å². The molecule has 0 unspecified atom stereocenters. The van der Waals surface area contributed by atoms with E-state index in [0.717, 1.165) is 22.9 Å². The molecule has 0 spiro atoms. The summed E-state index contributed by atoms with van der Waals surface area (Å²) in [4.78, 5) is 13.3. The molecule has 0 saturated carbocycles. The summed E-state index contributed by atoms with van der Waals surface area (Å²) in [5.74, 6) is 1.03. The van der Waals surface area contributed by atoms with Crippen LogP contribution in [0.25, 0.3) is 10.9 Å². The van der Waals surface area contributed by atoms with Crippen molar-refractivity contribution < 1.29 is 13.5 Å². The number of rotatable bonds is 9. The summed E-state index contributed by atoms with van der Waals surface area (Å²) in [6.07, 6.45) is 5.00. The van der Waals surface area contributed by atoms with E-state index in [9.17, 15) is 8.42 Å². The van der Waals surface area contributed by atoms with Crippen LogP contribution in [0.5, 0.6) is 0 Å². The molecule has 142 valence electrons. The van der Waals surface area contributed by atoms with Crippen LogP contribution in [0.1, 0.15) is 11.4 Å². The van der Waals surface area contributed by atoms with Crippen LogP contribution in [0.4, 0.5) is 5.82 Å². The minimum atomic E-state index is -3.27. The monoisotopic (exact) mass is 386 g/mol. The number of anilines is 1. The van der Waals surface area contributed by atoms with E-state index in [-0.39, 0.29) is 24.7 Å². The minimum absolute atomic E-state index is 0.0586. The minimum Gasteiger partial charge on any atom is -0.395 e. The summed E-state index contributed by atoms with van der Waals surface area (Å²) < 4.78 is 23.5. The maximum absolute atomic E-state index is 11.8. The lowest BCUT2D eigenvalue weighted by molar-refractivity contribution is 0.319. The van der Waals surface area contributed by atoms with Crippen molar-refractivity contribution in [2.45, 2.75) is 12.8 Å². The van der Waals surface area contributed by atoms with Gasteiger partial charge in [0.2, 0.25) is 0 Å². The number of benzene rings is 1. The SMILES string of the molecule is O=S(=O)(CCO)CCNc1nc(CCc2cccnc2)nc2ccccc12. The molecule has 0 atom stereocenters. The van der Waals surface area contributed by atoms with Gasteiger partial charge in [0.15, 0.2) is 9.84 Å². The predicted octanol–water partition coefficient (Wildman–Crippen LogP) is 1.63. The van der Waals surface area contributed by atoms with E-state index in [1.54, 1.807) is 6.20 Å². The summed E-state index contributed by atoms with van der Waals surface area (Å²) in [6.45, 7) is -0.136. The lowest BCUT2D eigenvalue weighted by Crippen LogP contribution is -2.20. The molecule has 1 aromatic carbocycles. The van der Waals surface area contributed by atoms with Crippen molar-refractivity contribution in [1.29, 1.82) is 0 Å². The molecule has 2 heterocycles. The molecule has 2 N–H and O–H groups in total. The van der Waals surface area contributed by atoms with Gasteiger partial charge in [-0.25, -0.2) is 18.4 Å². The van der Waals surface area contributed by atoms with Crippen LogP contribution in [0.3, 0.4) is 0 Å². The molecule has 0 aliphatic heterocycles. The number of sulfone groups is 1. The van der Waals surface area contributed by atoms with Gasteiger partial charge >= 0.3 is 0 Å². The normalized spacial score (nSPS) is 11.6. The topological polar surface area (TPSA) is 105 Å². The van der Waals surface area contributed by atoms with E-state index >= 15 is 0 Å². The Morgan fingerprint density at radius 3 is 2.63 bits per heavy atom. The molecule has 0 saturated heterocycles. The van der Waals surface area contributed by atoms with E-state index in [2.05, 4.69) is 20.3 Å². The molecule has 7 nitrogen and oxygen atoms in total. The van der Waals surface area contributed by atoms with Gasteiger partial charge in [-0.1, -0.05) is 18.2 Å². The first-order valence-electron chi connectivity index (χ1n) is 8.77. The third-order valence-corrected chi connectivity index (χ3v) is 5.75. The van der Waals surface area contributed by atoms with Crippen LogP contribution < -0.4 is 5.32 Å². The second kappa shape index (κ2) is 8.88. The largest absolute Gasteiger partial charge is 0.395 e. The number of nitrogens with zero attached hydrogens (tertiary/aromatic N) is 3. The number of pyridine rings is 1. The van der Waals surface area contributed by atoms with Crippen LogP contribution in [0.2, 0.25) is 0 Å². The fraction of sp³-hybridized carbons (Fsp3) is 0.316. The fourth-order valence-corrected chi connectivity index (χ4v) is 3.63. The average molecular weight is 386 g/mol. The molecule has 0 bridgehead atoms. The number of aromatic nitrogens is 3. The first kappa shape index (κ1) is 19.2. The summed E-state index contributed by atoms with van der Waals surface area (Å²) in [7, 11) is -3.27. The van der Waals surface area contributed by atoms with Gasteiger partial charge in [0.1, 0.15) is 11.6 Å². The molecule has 0 aliphatic carbocycles. The van der Waals surface area contributed by atoms with Gasteiger partial charge in [0.05, 0.1) is 23.6 Å². The van der Waals surface area contributed by atoms with Gasteiger partial charge in [-0.3, -0.25) is 4.98 Å². The molecular weight excluding hydrogens is 364 g/mol. The zero-order valence-corrected chi connectivity index (χ0v) is 15.7. The zero-order valence-electron chi connectivity index (χ0n) is 14.9. The quantitative estimate of drug-likeness (QED) is 0.576. The van der Waals surface area contributed by atoms with E-state index in [1.807, 2.05) is 42.6 Å². The van der Waals surface area contributed by atoms with Gasteiger partial charge in [-0.05, 0) is 30.2 Å². The lowest BCUT2D eigenvalue weighted by Gasteiger charge is -2.11. The molecule has 0 fully saturated rings. The number of aliphatic hydroxyl groups is 1. The summed E-state index contributed by atoms with van der Waals surface area (Å²) >= 11 is 0. The number of aliphatic hydroxyl groups excluding tert-OH is 1. The van der Waals surface area contributed by atoms with Gasteiger partial charge in [0.25, 0.3) is 0 Å². The van der Waals surface area contributed by atoms with Crippen molar-refractivity contribution in [2.75, 3.05) is 30.0 Å². The Balaban J connectivity index is 1.76. The van der Waals surface area contributed by atoms with Gasteiger partial charge in [0, 0.05) is 30.7 Å². The molecule has 0 aliphatic rings.